The summed E-state index contributed by atoms with van der Waals surface area (Å²) < 4.78 is 8.22. The molecule has 0 fully saturated rings. The second kappa shape index (κ2) is 8.66. The number of hydrogen-bond acceptors (Lipinski definition) is 5. The van der Waals surface area contributed by atoms with Crippen LogP contribution in [0.1, 0.15) is 22.5 Å². The number of carbonyl (C=O) groups excluding carboxylic acids is 1. The van der Waals surface area contributed by atoms with Crippen LogP contribution in [0.4, 0.5) is 0 Å². The van der Waals surface area contributed by atoms with E-state index in [1.165, 1.54) is 4.68 Å². The minimum absolute atomic E-state index is 0.193. The van der Waals surface area contributed by atoms with Gasteiger partial charge in [0, 0.05) is 12.1 Å². The van der Waals surface area contributed by atoms with Gasteiger partial charge in [-0.25, -0.2) is 9.36 Å². The SMILES string of the molecule is COc1ccccc1CNC(=O)Cn1nc(C)c2c(C)n(-c3ccc(C)cc3)nc2c1=O. The van der Waals surface area contributed by atoms with E-state index in [4.69, 9.17) is 4.74 Å². The predicted molar refractivity (Wildman–Crippen MR) is 122 cm³/mol. The Balaban J connectivity index is 1.61. The Labute approximate surface area is 185 Å². The van der Waals surface area contributed by atoms with Gasteiger partial charge in [-0.15, -0.1) is 0 Å². The molecule has 4 rings (SSSR count). The van der Waals surface area contributed by atoms with Gasteiger partial charge in [0.05, 0.1) is 29.6 Å². The van der Waals surface area contributed by atoms with E-state index in [-0.39, 0.29) is 12.5 Å². The van der Waals surface area contributed by atoms with Gasteiger partial charge in [0.25, 0.3) is 5.56 Å². The summed E-state index contributed by atoms with van der Waals surface area (Å²) in [5.41, 5.74) is 4.24. The molecule has 1 amide bonds. The van der Waals surface area contributed by atoms with Crippen molar-refractivity contribution in [1.82, 2.24) is 24.9 Å². The Bertz CT molecular complexity index is 1350. The van der Waals surface area contributed by atoms with E-state index in [1.807, 2.05) is 69.3 Å². The highest BCUT2D eigenvalue weighted by Gasteiger charge is 2.18. The van der Waals surface area contributed by atoms with Gasteiger partial charge < -0.3 is 10.1 Å². The molecule has 0 bridgehead atoms. The number of aryl methyl sites for hydroxylation is 3. The first-order valence-electron chi connectivity index (χ1n) is 10.3. The van der Waals surface area contributed by atoms with Gasteiger partial charge in [0.15, 0.2) is 5.52 Å². The van der Waals surface area contributed by atoms with Gasteiger partial charge in [-0.05, 0) is 39.0 Å². The van der Waals surface area contributed by atoms with Crippen LogP contribution < -0.4 is 15.6 Å². The maximum atomic E-state index is 13.1. The zero-order chi connectivity index (χ0) is 22.8. The van der Waals surface area contributed by atoms with Crippen LogP contribution in [0.15, 0.2) is 53.3 Å². The normalized spacial score (nSPS) is 11.0. The van der Waals surface area contributed by atoms with Crippen LogP contribution in [0.5, 0.6) is 5.75 Å². The average molecular weight is 431 g/mol. The molecule has 2 aromatic heterocycles. The van der Waals surface area contributed by atoms with Crippen molar-refractivity contribution in [2.75, 3.05) is 7.11 Å². The quantitative estimate of drug-likeness (QED) is 0.507. The topological polar surface area (TPSA) is 91.0 Å². The molecule has 0 radical (unpaired) electrons. The summed E-state index contributed by atoms with van der Waals surface area (Å²) in [4.78, 5) is 25.6. The molecule has 32 heavy (non-hydrogen) atoms. The number of aromatic nitrogens is 4. The number of methoxy groups -OCH3 is 1. The smallest absolute Gasteiger partial charge is 0.295 e. The third-order valence-corrected chi connectivity index (χ3v) is 5.43. The number of hydrogen-bond donors (Lipinski definition) is 1. The van der Waals surface area contributed by atoms with Gasteiger partial charge in [0.1, 0.15) is 12.3 Å². The summed E-state index contributed by atoms with van der Waals surface area (Å²) in [6.07, 6.45) is 0. The maximum Gasteiger partial charge on any atom is 0.295 e. The van der Waals surface area contributed by atoms with Crippen LogP contribution in [0.3, 0.4) is 0 Å². The molecule has 0 unspecified atom stereocenters. The number of ether oxygens (including phenoxy) is 1. The number of para-hydroxylation sites is 1. The van der Waals surface area contributed by atoms with Crippen molar-refractivity contribution in [3.63, 3.8) is 0 Å². The number of fused-ring (bicyclic) bond motifs is 1. The van der Waals surface area contributed by atoms with Crippen molar-refractivity contribution in [2.24, 2.45) is 0 Å². The number of benzene rings is 2. The molecule has 0 aliphatic rings. The van der Waals surface area contributed by atoms with Crippen LogP contribution in [0.25, 0.3) is 16.6 Å². The molecule has 0 spiro atoms. The van der Waals surface area contributed by atoms with Crippen LogP contribution in [-0.2, 0) is 17.9 Å². The van der Waals surface area contributed by atoms with Crippen molar-refractivity contribution in [3.05, 3.63) is 81.4 Å². The van der Waals surface area contributed by atoms with Gasteiger partial charge in [-0.2, -0.15) is 10.2 Å². The van der Waals surface area contributed by atoms with Crippen molar-refractivity contribution >= 4 is 16.8 Å². The first kappa shape index (κ1) is 21.3. The second-order valence-corrected chi connectivity index (χ2v) is 7.69. The predicted octanol–water partition coefficient (Wildman–Crippen LogP) is 2.83. The van der Waals surface area contributed by atoms with E-state index in [9.17, 15) is 9.59 Å². The Morgan fingerprint density at radius 2 is 1.75 bits per heavy atom. The lowest BCUT2D eigenvalue weighted by molar-refractivity contribution is -0.122. The maximum absolute atomic E-state index is 13.1. The molecule has 0 saturated heterocycles. The fourth-order valence-corrected chi connectivity index (χ4v) is 3.76. The summed E-state index contributed by atoms with van der Waals surface area (Å²) in [7, 11) is 1.58. The van der Waals surface area contributed by atoms with Crippen molar-refractivity contribution in [3.8, 4) is 11.4 Å². The molecular formula is C24H25N5O3. The highest BCUT2D eigenvalue weighted by atomic mass is 16.5. The molecule has 2 aromatic carbocycles. The standard InChI is InChI=1S/C24H25N5O3/c1-15-9-11-19(12-10-15)29-17(3)22-16(2)26-28(24(31)23(22)27-29)14-21(30)25-13-18-7-5-6-8-20(18)32-4/h5-12H,13-14H2,1-4H3,(H,25,30). The number of nitrogens with zero attached hydrogens (tertiary/aromatic N) is 4. The third kappa shape index (κ3) is 3.99. The Hall–Kier alpha value is -3.94. The lowest BCUT2D eigenvalue weighted by Crippen LogP contribution is -2.34. The van der Waals surface area contributed by atoms with E-state index in [2.05, 4.69) is 15.5 Å². The van der Waals surface area contributed by atoms with E-state index < -0.39 is 5.56 Å². The van der Waals surface area contributed by atoms with Crippen LogP contribution >= 0.6 is 0 Å². The lowest BCUT2D eigenvalue weighted by Gasteiger charge is -2.10. The minimum Gasteiger partial charge on any atom is -0.496 e. The average Bonchev–Trinajstić information content (AvgIpc) is 3.14. The van der Waals surface area contributed by atoms with E-state index in [1.54, 1.807) is 11.8 Å². The van der Waals surface area contributed by atoms with Gasteiger partial charge >= 0.3 is 0 Å². The zero-order valence-electron chi connectivity index (χ0n) is 18.5. The molecule has 0 atom stereocenters. The molecule has 164 valence electrons. The Morgan fingerprint density at radius 3 is 2.47 bits per heavy atom. The van der Waals surface area contributed by atoms with Crippen LogP contribution in [0, 0.1) is 20.8 Å². The monoisotopic (exact) mass is 431 g/mol. The summed E-state index contributed by atoms with van der Waals surface area (Å²) in [5.74, 6) is 0.372. The highest BCUT2D eigenvalue weighted by molar-refractivity contribution is 5.83. The van der Waals surface area contributed by atoms with E-state index in [0.29, 0.717) is 28.9 Å². The van der Waals surface area contributed by atoms with Gasteiger partial charge in [-0.3, -0.25) is 9.59 Å². The first-order valence-corrected chi connectivity index (χ1v) is 10.3. The summed E-state index contributed by atoms with van der Waals surface area (Å²) in [6.45, 7) is 5.84. The fraction of sp³-hybridized carbons (Fsp3) is 0.250. The Morgan fingerprint density at radius 1 is 1.03 bits per heavy atom. The number of rotatable bonds is 6. The fourth-order valence-electron chi connectivity index (χ4n) is 3.76. The number of carbonyl (C=O) groups is 1. The molecule has 0 saturated carbocycles. The third-order valence-electron chi connectivity index (χ3n) is 5.43. The number of amides is 1. The first-order chi connectivity index (χ1) is 15.4. The largest absolute Gasteiger partial charge is 0.496 e. The molecule has 8 heteroatoms. The summed E-state index contributed by atoms with van der Waals surface area (Å²) in [5, 5.41) is 12.5. The summed E-state index contributed by atoms with van der Waals surface area (Å²) >= 11 is 0. The van der Waals surface area contributed by atoms with E-state index >= 15 is 0 Å². The molecule has 2 heterocycles. The molecular weight excluding hydrogens is 406 g/mol. The highest BCUT2D eigenvalue weighted by Crippen LogP contribution is 2.21. The van der Waals surface area contributed by atoms with Crippen LogP contribution in [-0.4, -0.2) is 32.6 Å². The lowest BCUT2D eigenvalue weighted by atomic mass is 10.2. The molecule has 4 aromatic rings. The molecule has 0 aliphatic carbocycles. The van der Waals surface area contributed by atoms with Crippen molar-refractivity contribution in [1.29, 1.82) is 0 Å². The van der Waals surface area contributed by atoms with Gasteiger partial charge in [0.2, 0.25) is 5.91 Å². The minimum atomic E-state index is -0.396. The molecule has 8 nitrogen and oxygen atoms in total. The Kier molecular flexibility index (Phi) is 5.77. The van der Waals surface area contributed by atoms with Crippen molar-refractivity contribution in [2.45, 2.75) is 33.9 Å². The van der Waals surface area contributed by atoms with E-state index in [0.717, 1.165) is 22.5 Å². The molecule has 0 aliphatic heterocycles. The second-order valence-electron chi connectivity index (χ2n) is 7.69. The van der Waals surface area contributed by atoms with Gasteiger partial charge in [-0.1, -0.05) is 35.9 Å². The summed E-state index contributed by atoms with van der Waals surface area (Å²) in [6, 6.07) is 15.4. The van der Waals surface area contributed by atoms with Crippen LogP contribution in [0.2, 0.25) is 0 Å². The zero-order valence-corrected chi connectivity index (χ0v) is 18.5. The molecule has 1 N–H and O–H groups in total. The number of nitrogens with one attached hydrogen (secondary N) is 1. The van der Waals surface area contributed by atoms with Crippen molar-refractivity contribution < 1.29 is 9.53 Å².